The summed E-state index contributed by atoms with van der Waals surface area (Å²) >= 11 is 18.9. The van der Waals surface area contributed by atoms with Crippen LogP contribution in [0, 0.1) is 18.3 Å². The maximum Gasteiger partial charge on any atom is 0.266 e. The zero-order valence-electron chi connectivity index (χ0n) is 18.6. The van der Waals surface area contributed by atoms with Crippen molar-refractivity contribution in [2.75, 3.05) is 5.32 Å². The van der Waals surface area contributed by atoms with Gasteiger partial charge >= 0.3 is 0 Å². The fourth-order valence-electron chi connectivity index (χ4n) is 3.60. The van der Waals surface area contributed by atoms with Gasteiger partial charge in [-0.25, -0.2) is 0 Å². The van der Waals surface area contributed by atoms with Gasteiger partial charge in [0.15, 0.2) is 5.75 Å². The van der Waals surface area contributed by atoms with Gasteiger partial charge in [0.05, 0.1) is 10.0 Å². The summed E-state index contributed by atoms with van der Waals surface area (Å²) in [5.41, 5.74) is 2.72. The van der Waals surface area contributed by atoms with E-state index >= 15 is 0 Å². The minimum Gasteiger partial charge on any atom is -0.486 e. The molecule has 35 heavy (non-hydrogen) atoms. The second-order valence-electron chi connectivity index (χ2n) is 7.82. The molecule has 0 unspecified atom stereocenters. The van der Waals surface area contributed by atoms with Crippen molar-refractivity contribution < 1.29 is 9.53 Å². The zero-order valence-corrected chi connectivity index (χ0v) is 20.9. The molecule has 0 atom stereocenters. The Labute approximate surface area is 218 Å². The second kappa shape index (κ2) is 10.8. The summed E-state index contributed by atoms with van der Waals surface area (Å²) in [6, 6.07) is 24.3. The number of carbonyl (C=O) groups is 1. The fraction of sp³-hybridized carbons (Fsp3) is 0.0714. The second-order valence-corrected chi connectivity index (χ2v) is 9.07. The van der Waals surface area contributed by atoms with Crippen molar-refractivity contribution in [3.05, 3.63) is 110 Å². The van der Waals surface area contributed by atoms with E-state index in [4.69, 9.17) is 39.5 Å². The first-order chi connectivity index (χ1) is 16.9. The quantitative estimate of drug-likeness (QED) is 0.205. The van der Waals surface area contributed by atoms with Gasteiger partial charge in [-0.15, -0.1) is 0 Å². The third kappa shape index (κ3) is 5.78. The Hall–Kier alpha value is -3.49. The molecule has 4 nitrogen and oxygen atoms in total. The number of hydrogen-bond acceptors (Lipinski definition) is 3. The van der Waals surface area contributed by atoms with Crippen LogP contribution in [0.5, 0.6) is 5.75 Å². The molecule has 0 bridgehead atoms. The number of benzene rings is 4. The number of amides is 1. The molecule has 1 amide bonds. The lowest BCUT2D eigenvalue weighted by Gasteiger charge is -2.13. The van der Waals surface area contributed by atoms with Crippen LogP contribution in [0.3, 0.4) is 0 Å². The van der Waals surface area contributed by atoms with Gasteiger partial charge in [-0.1, -0.05) is 83.3 Å². The number of nitrogens with zero attached hydrogens (tertiary/aromatic N) is 1. The Balaban J connectivity index is 1.54. The van der Waals surface area contributed by atoms with Crippen LogP contribution in [0.25, 0.3) is 16.8 Å². The molecule has 0 aliphatic rings. The largest absolute Gasteiger partial charge is 0.486 e. The third-order valence-corrected chi connectivity index (χ3v) is 6.19. The standard InChI is InChI=1S/C28H19Cl3N2O2/c1-17-9-10-22(29)14-26(17)33-28(34)21(15-32)11-18-12-24(30)27(25(31)13-18)35-16-20-7-4-6-19-5-2-3-8-23(19)20/h2-14H,16H2,1H3,(H,33,34)/b21-11+. The van der Waals surface area contributed by atoms with Crippen molar-refractivity contribution >= 4 is 63.2 Å². The molecule has 0 spiro atoms. The van der Waals surface area contributed by atoms with Crippen molar-refractivity contribution in [1.29, 1.82) is 5.26 Å². The molecule has 0 radical (unpaired) electrons. The van der Waals surface area contributed by atoms with Crippen molar-refractivity contribution in [2.24, 2.45) is 0 Å². The van der Waals surface area contributed by atoms with Gasteiger partial charge in [0.25, 0.3) is 5.91 Å². The molecule has 0 aliphatic heterocycles. The van der Waals surface area contributed by atoms with Gasteiger partial charge < -0.3 is 10.1 Å². The summed E-state index contributed by atoms with van der Waals surface area (Å²) in [7, 11) is 0. The van der Waals surface area contributed by atoms with Crippen molar-refractivity contribution in [3.8, 4) is 11.8 Å². The Bertz CT molecular complexity index is 1480. The zero-order chi connectivity index (χ0) is 24.9. The van der Waals surface area contributed by atoms with E-state index in [1.54, 1.807) is 30.3 Å². The molecule has 4 aromatic carbocycles. The van der Waals surface area contributed by atoms with E-state index < -0.39 is 5.91 Å². The average molecular weight is 522 g/mol. The van der Waals surface area contributed by atoms with Gasteiger partial charge in [0, 0.05) is 10.7 Å². The molecule has 174 valence electrons. The summed E-state index contributed by atoms with van der Waals surface area (Å²) < 4.78 is 5.96. The first-order valence-electron chi connectivity index (χ1n) is 10.6. The van der Waals surface area contributed by atoms with E-state index in [0.717, 1.165) is 21.9 Å². The minimum atomic E-state index is -0.568. The van der Waals surface area contributed by atoms with Crippen LogP contribution >= 0.6 is 34.8 Å². The van der Waals surface area contributed by atoms with E-state index in [1.165, 1.54) is 6.08 Å². The molecule has 0 saturated heterocycles. The number of halogens is 3. The number of nitrogens with one attached hydrogen (secondary N) is 1. The van der Waals surface area contributed by atoms with Crippen molar-refractivity contribution in [1.82, 2.24) is 0 Å². The number of hydrogen-bond donors (Lipinski definition) is 1. The molecule has 1 N–H and O–H groups in total. The number of carbonyl (C=O) groups excluding carboxylic acids is 1. The summed E-state index contributed by atoms with van der Waals surface area (Å²) in [6.07, 6.45) is 1.42. The van der Waals surface area contributed by atoms with Crippen LogP contribution in [0.15, 0.2) is 78.4 Å². The molecule has 0 fully saturated rings. The van der Waals surface area contributed by atoms with Crippen LogP contribution in [0.2, 0.25) is 15.1 Å². The van der Waals surface area contributed by atoms with Crippen LogP contribution in [0.1, 0.15) is 16.7 Å². The van der Waals surface area contributed by atoms with E-state index in [0.29, 0.717) is 22.0 Å². The summed E-state index contributed by atoms with van der Waals surface area (Å²) in [5, 5.41) is 15.5. The molecular weight excluding hydrogens is 503 g/mol. The molecular formula is C28H19Cl3N2O2. The third-order valence-electron chi connectivity index (χ3n) is 5.40. The van der Waals surface area contributed by atoms with Crippen molar-refractivity contribution in [2.45, 2.75) is 13.5 Å². The van der Waals surface area contributed by atoms with E-state index in [1.807, 2.05) is 55.5 Å². The van der Waals surface area contributed by atoms with Crippen LogP contribution in [-0.2, 0) is 11.4 Å². The predicted molar refractivity (Wildman–Crippen MR) is 143 cm³/mol. The number of fused-ring (bicyclic) bond motifs is 1. The maximum atomic E-state index is 12.7. The number of nitriles is 1. The summed E-state index contributed by atoms with van der Waals surface area (Å²) in [6.45, 7) is 2.11. The molecule has 7 heteroatoms. The molecule has 0 aromatic heterocycles. The maximum absolute atomic E-state index is 12.7. The van der Waals surface area contributed by atoms with Gasteiger partial charge in [-0.2, -0.15) is 5.26 Å². The van der Waals surface area contributed by atoms with Gasteiger partial charge in [0.1, 0.15) is 18.2 Å². The van der Waals surface area contributed by atoms with Gasteiger partial charge in [-0.3, -0.25) is 4.79 Å². The molecule has 4 rings (SSSR count). The molecule has 0 heterocycles. The van der Waals surface area contributed by atoms with Gasteiger partial charge in [-0.05, 0) is 64.7 Å². The van der Waals surface area contributed by atoms with E-state index in [-0.39, 0.29) is 22.2 Å². The predicted octanol–water partition coefficient (Wildman–Crippen LogP) is 8.23. The van der Waals surface area contributed by atoms with E-state index in [2.05, 4.69) is 5.32 Å². The fourth-order valence-corrected chi connectivity index (χ4v) is 4.39. The highest BCUT2D eigenvalue weighted by atomic mass is 35.5. The Morgan fingerprint density at radius 1 is 1.00 bits per heavy atom. The Morgan fingerprint density at radius 3 is 2.46 bits per heavy atom. The molecule has 0 saturated carbocycles. The van der Waals surface area contributed by atoms with Crippen molar-refractivity contribution in [3.63, 3.8) is 0 Å². The lowest BCUT2D eigenvalue weighted by molar-refractivity contribution is -0.112. The lowest BCUT2D eigenvalue weighted by Crippen LogP contribution is -2.14. The molecule has 0 aliphatic carbocycles. The molecule has 4 aromatic rings. The number of rotatable bonds is 6. The Kier molecular flexibility index (Phi) is 7.63. The highest BCUT2D eigenvalue weighted by Gasteiger charge is 2.14. The number of anilines is 1. The Morgan fingerprint density at radius 2 is 1.71 bits per heavy atom. The highest BCUT2D eigenvalue weighted by Crippen LogP contribution is 2.36. The first-order valence-corrected chi connectivity index (χ1v) is 11.8. The average Bonchev–Trinajstić information content (AvgIpc) is 2.84. The van der Waals surface area contributed by atoms with Crippen LogP contribution in [0.4, 0.5) is 5.69 Å². The minimum absolute atomic E-state index is 0.110. The normalized spacial score (nSPS) is 11.2. The topological polar surface area (TPSA) is 62.1 Å². The van der Waals surface area contributed by atoms with Gasteiger partial charge in [0.2, 0.25) is 0 Å². The first kappa shape index (κ1) is 24.6. The smallest absolute Gasteiger partial charge is 0.266 e. The number of ether oxygens (including phenoxy) is 1. The van der Waals surface area contributed by atoms with E-state index in [9.17, 15) is 10.1 Å². The monoisotopic (exact) mass is 520 g/mol. The van der Waals surface area contributed by atoms with Crippen LogP contribution < -0.4 is 10.1 Å². The lowest BCUT2D eigenvalue weighted by atomic mass is 10.1. The summed E-state index contributed by atoms with van der Waals surface area (Å²) in [4.78, 5) is 12.7. The summed E-state index contributed by atoms with van der Waals surface area (Å²) in [5.74, 6) is -0.239. The number of aryl methyl sites for hydroxylation is 1. The SMILES string of the molecule is Cc1ccc(Cl)cc1NC(=O)/C(C#N)=C/c1cc(Cl)c(OCc2cccc3ccccc23)c(Cl)c1. The highest BCUT2D eigenvalue weighted by molar-refractivity contribution is 6.37. The van der Waals surface area contributed by atoms with Crippen LogP contribution in [-0.4, -0.2) is 5.91 Å².